The van der Waals surface area contributed by atoms with Gasteiger partial charge in [-0.15, -0.1) is 0 Å². The van der Waals surface area contributed by atoms with Gasteiger partial charge in [-0.3, -0.25) is 14.8 Å². The number of nitrogens with one attached hydrogen (secondary N) is 1. The zero-order valence-corrected chi connectivity index (χ0v) is 15.2. The molecule has 0 spiro atoms. The second kappa shape index (κ2) is 8.39. The highest BCUT2D eigenvalue weighted by Crippen LogP contribution is 2.16. The first-order chi connectivity index (χ1) is 12.6. The van der Waals surface area contributed by atoms with Gasteiger partial charge in [0.15, 0.2) is 0 Å². The van der Waals surface area contributed by atoms with E-state index >= 15 is 0 Å². The number of amides is 1. The Bertz CT molecular complexity index is 891. The zero-order valence-electron chi connectivity index (χ0n) is 15.2. The Morgan fingerprint density at radius 2 is 1.88 bits per heavy atom. The van der Waals surface area contributed by atoms with Gasteiger partial charge >= 0.3 is 0 Å². The SMILES string of the molecule is Cc1ccc(CCC(=O)NCc2ccnc(-c3cccnc3)c2)cc1C. The molecule has 0 fully saturated rings. The number of aryl methyl sites for hydroxylation is 3. The van der Waals surface area contributed by atoms with Crippen molar-refractivity contribution in [2.75, 3.05) is 0 Å². The molecule has 4 nitrogen and oxygen atoms in total. The molecular weight excluding hydrogens is 322 g/mol. The third kappa shape index (κ3) is 4.76. The van der Waals surface area contributed by atoms with Gasteiger partial charge in [0, 0.05) is 37.1 Å². The van der Waals surface area contributed by atoms with Crippen molar-refractivity contribution in [3.8, 4) is 11.3 Å². The number of hydrogen-bond acceptors (Lipinski definition) is 3. The van der Waals surface area contributed by atoms with Crippen molar-refractivity contribution >= 4 is 5.91 Å². The van der Waals surface area contributed by atoms with Gasteiger partial charge in [-0.25, -0.2) is 0 Å². The van der Waals surface area contributed by atoms with Crippen molar-refractivity contribution in [2.45, 2.75) is 33.2 Å². The summed E-state index contributed by atoms with van der Waals surface area (Å²) in [6, 6.07) is 14.1. The molecule has 1 N–H and O–H groups in total. The van der Waals surface area contributed by atoms with E-state index in [2.05, 4.69) is 47.3 Å². The topological polar surface area (TPSA) is 54.9 Å². The first-order valence-corrected chi connectivity index (χ1v) is 8.80. The highest BCUT2D eigenvalue weighted by Gasteiger charge is 2.05. The van der Waals surface area contributed by atoms with Crippen LogP contribution in [0.15, 0.2) is 61.1 Å². The quantitative estimate of drug-likeness (QED) is 0.734. The second-order valence-electron chi connectivity index (χ2n) is 6.49. The summed E-state index contributed by atoms with van der Waals surface area (Å²) in [7, 11) is 0. The first-order valence-electron chi connectivity index (χ1n) is 8.80. The third-order valence-corrected chi connectivity index (χ3v) is 4.48. The molecule has 0 saturated heterocycles. The molecule has 0 radical (unpaired) electrons. The number of hydrogen-bond donors (Lipinski definition) is 1. The lowest BCUT2D eigenvalue weighted by atomic mass is 10.0. The van der Waals surface area contributed by atoms with E-state index < -0.39 is 0 Å². The van der Waals surface area contributed by atoms with E-state index in [4.69, 9.17) is 0 Å². The highest BCUT2D eigenvalue weighted by molar-refractivity contribution is 5.76. The maximum absolute atomic E-state index is 12.2. The normalized spacial score (nSPS) is 10.5. The smallest absolute Gasteiger partial charge is 0.220 e. The Morgan fingerprint density at radius 3 is 2.65 bits per heavy atom. The number of carbonyl (C=O) groups excluding carboxylic acids is 1. The second-order valence-corrected chi connectivity index (χ2v) is 6.49. The molecule has 3 rings (SSSR count). The molecule has 132 valence electrons. The summed E-state index contributed by atoms with van der Waals surface area (Å²) in [5, 5.41) is 2.99. The van der Waals surface area contributed by atoms with Crippen molar-refractivity contribution < 1.29 is 4.79 Å². The fourth-order valence-corrected chi connectivity index (χ4v) is 2.76. The molecule has 0 aliphatic carbocycles. The van der Waals surface area contributed by atoms with E-state index in [1.165, 1.54) is 16.7 Å². The van der Waals surface area contributed by atoms with Crippen molar-refractivity contribution in [2.24, 2.45) is 0 Å². The molecule has 0 atom stereocenters. The van der Waals surface area contributed by atoms with Crippen molar-refractivity contribution in [1.82, 2.24) is 15.3 Å². The molecule has 0 saturated carbocycles. The Kier molecular flexibility index (Phi) is 5.74. The fourth-order valence-electron chi connectivity index (χ4n) is 2.76. The van der Waals surface area contributed by atoms with Gasteiger partial charge in [-0.2, -0.15) is 0 Å². The largest absolute Gasteiger partial charge is 0.352 e. The minimum atomic E-state index is 0.0583. The predicted octanol–water partition coefficient (Wildman–Crippen LogP) is 4.01. The summed E-state index contributed by atoms with van der Waals surface area (Å²) >= 11 is 0. The van der Waals surface area contributed by atoms with Gasteiger partial charge in [0.2, 0.25) is 5.91 Å². The van der Waals surface area contributed by atoms with Crippen LogP contribution in [0.25, 0.3) is 11.3 Å². The number of aromatic nitrogens is 2. The zero-order chi connectivity index (χ0) is 18.4. The number of pyridine rings is 2. The van der Waals surface area contributed by atoms with E-state index in [9.17, 15) is 4.79 Å². The van der Waals surface area contributed by atoms with Crippen LogP contribution in [0.4, 0.5) is 0 Å². The standard InChI is InChI=1S/C22H23N3O/c1-16-5-6-18(12-17(16)2)7-8-22(26)25-14-19-9-11-24-21(13-19)20-4-3-10-23-15-20/h3-6,9-13,15H,7-8,14H2,1-2H3,(H,25,26). The molecule has 0 aliphatic heterocycles. The minimum Gasteiger partial charge on any atom is -0.352 e. The van der Waals surface area contributed by atoms with Crippen molar-refractivity contribution in [1.29, 1.82) is 0 Å². The molecule has 0 bridgehead atoms. The molecule has 1 amide bonds. The monoisotopic (exact) mass is 345 g/mol. The summed E-state index contributed by atoms with van der Waals surface area (Å²) in [6.45, 7) is 4.70. The lowest BCUT2D eigenvalue weighted by Gasteiger charge is -2.08. The third-order valence-electron chi connectivity index (χ3n) is 4.48. The molecule has 2 aromatic heterocycles. The highest BCUT2D eigenvalue weighted by atomic mass is 16.1. The molecule has 4 heteroatoms. The van der Waals surface area contributed by atoms with Crippen LogP contribution >= 0.6 is 0 Å². The maximum Gasteiger partial charge on any atom is 0.220 e. The van der Waals surface area contributed by atoms with Crippen LogP contribution in [0.5, 0.6) is 0 Å². The molecular formula is C22H23N3O. The lowest BCUT2D eigenvalue weighted by Crippen LogP contribution is -2.23. The molecule has 2 heterocycles. The van der Waals surface area contributed by atoms with Gasteiger partial charge in [-0.05, 0) is 66.8 Å². The van der Waals surface area contributed by atoms with Gasteiger partial charge in [0.25, 0.3) is 0 Å². The lowest BCUT2D eigenvalue weighted by molar-refractivity contribution is -0.121. The van der Waals surface area contributed by atoms with Crippen LogP contribution < -0.4 is 5.32 Å². The number of carbonyl (C=O) groups is 1. The van der Waals surface area contributed by atoms with E-state index in [0.717, 1.165) is 23.2 Å². The fraction of sp³-hybridized carbons (Fsp3) is 0.227. The van der Waals surface area contributed by atoms with Crippen LogP contribution in [0.1, 0.15) is 28.7 Å². The molecule has 26 heavy (non-hydrogen) atoms. The first kappa shape index (κ1) is 17.8. The van der Waals surface area contributed by atoms with Gasteiger partial charge < -0.3 is 5.32 Å². The average Bonchev–Trinajstić information content (AvgIpc) is 2.68. The van der Waals surface area contributed by atoms with Crippen LogP contribution in [-0.4, -0.2) is 15.9 Å². The Labute approximate surface area is 154 Å². The van der Waals surface area contributed by atoms with Crippen LogP contribution in [0, 0.1) is 13.8 Å². The van der Waals surface area contributed by atoms with Crippen LogP contribution in [0.3, 0.4) is 0 Å². The molecule has 0 aliphatic rings. The van der Waals surface area contributed by atoms with E-state index in [0.29, 0.717) is 13.0 Å². The predicted molar refractivity (Wildman–Crippen MR) is 104 cm³/mol. The van der Waals surface area contributed by atoms with E-state index in [1.54, 1.807) is 18.6 Å². The number of benzene rings is 1. The Morgan fingerprint density at radius 1 is 1.00 bits per heavy atom. The molecule has 1 aromatic carbocycles. The number of nitrogens with zero attached hydrogens (tertiary/aromatic N) is 2. The Hall–Kier alpha value is -3.01. The van der Waals surface area contributed by atoms with E-state index in [1.807, 2.05) is 24.3 Å². The summed E-state index contributed by atoms with van der Waals surface area (Å²) < 4.78 is 0. The van der Waals surface area contributed by atoms with Crippen LogP contribution in [-0.2, 0) is 17.8 Å². The summed E-state index contributed by atoms with van der Waals surface area (Å²) in [5.41, 5.74) is 6.60. The van der Waals surface area contributed by atoms with Gasteiger partial charge in [0.1, 0.15) is 0 Å². The molecule has 3 aromatic rings. The van der Waals surface area contributed by atoms with Crippen molar-refractivity contribution in [3.05, 3.63) is 83.3 Å². The average molecular weight is 345 g/mol. The Balaban J connectivity index is 1.54. The number of rotatable bonds is 6. The maximum atomic E-state index is 12.2. The van der Waals surface area contributed by atoms with Crippen molar-refractivity contribution in [3.63, 3.8) is 0 Å². The summed E-state index contributed by atoms with van der Waals surface area (Å²) in [5.74, 6) is 0.0583. The minimum absolute atomic E-state index is 0.0583. The summed E-state index contributed by atoms with van der Waals surface area (Å²) in [4.78, 5) is 20.7. The van der Waals surface area contributed by atoms with E-state index in [-0.39, 0.29) is 5.91 Å². The van der Waals surface area contributed by atoms with Gasteiger partial charge in [0.05, 0.1) is 5.69 Å². The van der Waals surface area contributed by atoms with Gasteiger partial charge in [-0.1, -0.05) is 18.2 Å². The molecule has 0 unspecified atom stereocenters. The summed E-state index contributed by atoms with van der Waals surface area (Å²) in [6.07, 6.45) is 6.53. The van der Waals surface area contributed by atoms with Crippen LogP contribution in [0.2, 0.25) is 0 Å².